The molecule has 0 spiro atoms. The number of nitrogens with zero attached hydrogens (tertiary/aromatic N) is 3. The van der Waals surface area contributed by atoms with Crippen LogP contribution in [0.3, 0.4) is 0 Å². The standard InChI is InChI=1S/C25H23ClF3N5O3/c1-13(22(36)32-20(21(35)25(27,28)29)14-6-4-3-5-7-14)34-12-16-9-8-15(10-17(16)23(34)37)19-18(26)11-31-24(30-2)33-19/h3-11,13,20-21,35H,12H2,1-2H3,(H,32,36)(H,30,31,33)/t13-,20?,21+/m1/s1. The predicted octanol–water partition coefficient (Wildman–Crippen LogP) is 3.96. The highest BCUT2D eigenvalue weighted by Crippen LogP contribution is 2.33. The molecule has 1 aromatic heterocycles. The second-order valence-electron chi connectivity index (χ2n) is 8.50. The Labute approximate surface area is 215 Å². The summed E-state index contributed by atoms with van der Waals surface area (Å²) in [6.45, 7) is 1.50. The maximum absolute atomic E-state index is 13.3. The number of hydrogen-bond acceptors (Lipinski definition) is 6. The van der Waals surface area contributed by atoms with Gasteiger partial charge in [0.2, 0.25) is 11.9 Å². The first-order valence-electron chi connectivity index (χ1n) is 11.3. The molecule has 1 aliphatic heterocycles. The number of aromatic nitrogens is 2. The van der Waals surface area contributed by atoms with Gasteiger partial charge in [0.05, 0.1) is 23.0 Å². The predicted molar refractivity (Wildman–Crippen MR) is 131 cm³/mol. The van der Waals surface area contributed by atoms with E-state index in [9.17, 15) is 27.9 Å². The van der Waals surface area contributed by atoms with Gasteiger partial charge in [0.25, 0.3) is 5.91 Å². The lowest BCUT2D eigenvalue weighted by molar-refractivity contribution is -0.213. The normalized spacial score (nSPS) is 15.6. The second-order valence-corrected chi connectivity index (χ2v) is 8.91. The largest absolute Gasteiger partial charge is 0.416 e. The summed E-state index contributed by atoms with van der Waals surface area (Å²) in [6.07, 6.45) is -6.37. The van der Waals surface area contributed by atoms with Gasteiger partial charge in [0.15, 0.2) is 6.10 Å². The summed E-state index contributed by atoms with van der Waals surface area (Å²) in [7, 11) is 1.65. The van der Waals surface area contributed by atoms with Crippen LogP contribution in [-0.4, -0.2) is 57.2 Å². The van der Waals surface area contributed by atoms with Crippen LogP contribution in [0.1, 0.15) is 34.5 Å². The number of benzene rings is 2. The molecule has 3 N–H and O–H groups in total. The van der Waals surface area contributed by atoms with Gasteiger partial charge in [-0.2, -0.15) is 13.2 Å². The molecule has 1 unspecified atom stereocenters. The molecule has 0 fully saturated rings. The molecular weight excluding hydrogens is 511 g/mol. The van der Waals surface area contributed by atoms with Gasteiger partial charge in [-0.1, -0.05) is 54.1 Å². The van der Waals surface area contributed by atoms with Crippen molar-refractivity contribution in [2.24, 2.45) is 0 Å². The molecule has 2 aromatic carbocycles. The number of aliphatic hydroxyl groups excluding tert-OH is 1. The number of anilines is 1. The number of aliphatic hydroxyl groups is 1. The van der Waals surface area contributed by atoms with Crippen molar-refractivity contribution in [3.63, 3.8) is 0 Å². The lowest BCUT2D eigenvalue weighted by atomic mass is 10.0. The van der Waals surface area contributed by atoms with Gasteiger partial charge in [-0.25, -0.2) is 9.97 Å². The number of fused-ring (bicyclic) bond motifs is 1. The number of halogens is 4. The maximum Gasteiger partial charge on any atom is 0.416 e. The number of nitrogens with one attached hydrogen (secondary N) is 2. The molecule has 37 heavy (non-hydrogen) atoms. The van der Waals surface area contributed by atoms with Gasteiger partial charge in [0.1, 0.15) is 6.04 Å². The third-order valence-corrected chi connectivity index (χ3v) is 6.41. The monoisotopic (exact) mass is 533 g/mol. The van der Waals surface area contributed by atoms with Crippen LogP contribution in [0.15, 0.2) is 54.7 Å². The van der Waals surface area contributed by atoms with Crippen molar-refractivity contribution in [2.45, 2.75) is 37.8 Å². The zero-order chi connectivity index (χ0) is 26.9. The van der Waals surface area contributed by atoms with Gasteiger partial charge < -0.3 is 20.6 Å². The highest BCUT2D eigenvalue weighted by atomic mass is 35.5. The van der Waals surface area contributed by atoms with Gasteiger partial charge in [0, 0.05) is 24.7 Å². The Morgan fingerprint density at radius 2 is 1.89 bits per heavy atom. The van der Waals surface area contributed by atoms with Gasteiger partial charge in [-0.3, -0.25) is 9.59 Å². The number of carbonyl (C=O) groups excluding carboxylic acids is 2. The molecule has 0 saturated heterocycles. The molecule has 2 amide bonds. The molecule has 0 radical (unpaired) electrons. The van der Waals surface area contributed by atoms with Gasteiger partial charge in [-0.05, 0) is 24.1 Å². The zero-order valence-corrected chi connectivity index (χ0v) is 20.5. The summed E-state index contributed by atoms with van der Waals surface area (Å²) in [5, 5.41) is 15.3. The fourth-order valence-electron chi connectivity index (χ4n) is 4.08. The Morgan fingerprint density at radius 1 is 1.19 bits per heavy atom. The Bertz CT molecular complexity index is 1320. The minimum atomic E-state index is -4.97. The van der Waals surface area contributed by atoms with Crippen LogP contribution in [0.5, 0.6) is 0 Å². The van der Waals surface area contributed by atoms with Crippen molar-refractivity contribution in [2.75, 3.05) is 12.4 Å². The fourth-order valence-corrected chi connectivity index (χ4v) is 4.28. The van der Waals surface area contributed by atoms with Gasteiger partial charge in [-0.15, -0.1) is 0 Å². The summed E-state index contributed by atoms with van der Waals surface area (Å²) in [5.41, 5.74) is 2.02. The Morgan fingerprint density at radius 3 is 2.54 bits per heavy atom. The molecular formula is C25H23ClF3N5O3. The average molecular weight is 534 g/mol. The van der Waals surface area contributed by atoms with Crippen LogP contribution < -0.4 is 10.6 Å². The van der Waals surface area contributed by atoms with E-state index in [0.29, 0.717) is 28.3 Å². The van der Waals surface area contributed by atoms with E-state index in [1.54, 1.807) is 31.3 Å². The van der Waals surface area contributed by atoms with Crippen LogP contribution >= 0.6 is 11.6 Å². The molecule has 2 heterocycles. The zero-order valence-electron chi connectivity index (χ0n) is 19.8. The van der Waals surface area contributed by atoms with E-state index in [1.807, 2.05) is 0 Å². The lowest BCUT2D eigenvalue weighted by Crippen LogP contribution is -2.50. The summed E-state index contributed by atoms with van der Waals surface area (Å²) >= 11 is 6.25. The van der Waals surface area contributed by atoms with E-state index in [-0.39, 0.29) is 17.1 Å². The van der Waals surface area contributed by atoms with Crippen molar-refractivity contribution >= 4 is 29.4 Å². The van der Waals surface area contributed by atoms with Crippen LogP contribution in [0, 0.1) is 0 Å². The highest BCUT2D eigenvalue weighted by Gasteiger charge is 2.45. The molecule has 8 nitrogen and oxygen atoms in total. The Balaban J connectivity index is 1.56. The molecule has 4 rings (SSSR count). The van der Waals surface area contributed by atoms with E-state index in [2.05, 4.69) is 20.6 Å². The Hall–Kier alpha value is -3.70. The van der Waals surface area contributed by atoms with Gasteiger partial charge >= 0.3 is 6.18 Å². The first-order valence-corrected chi connectivity index (χ1v) is 11.6. The molecule has 194 valence electrons. The molecule has 3 aromatic rings. The molecule has 12 heteroatoms. The smallest absolute Gasteiger partial charge is 0.381 e. The molecule has 1 aliphatic rings. The van der Waals surface area contributed by atoms with Crippen LogP contribution in [-0.2, 0) is 11.3 Å². The van der Waals surface area contributed by atoms with Crippen LogP contribution in [0.25, 0.3) is 11.3 Å². The van der Waals surface area contributed by atoms with E-state index in [4.69, 9.17) is 11.6 Å². The first-order chi connectivity index (χ1) is 17.5. The number of rotatable bonds is 7. The van der Waals surface area contributed by atoms with Crippen LogP contribution in [0.4, 0.5) is 19.1 Å². The molecule has 0 aliphatic carbocycles. The summed E-state index contributed by atoms with van der Waals surface area (Å²) in [4.78, 5) is 35.9. The minimum Gasteiger partial charge on any atom is -0.381 e. The number of amides is 2. The first kappa shape index (κ1) is 26.4. The molecule has 0 saturated carbocycles. The highest BCUT2D eigenvalue weighted by molar-refractivity contribution is 6.33. The Kier molecular flexibility index (Phi) is 7.37. The van der Waals surface area contributed by atoms with E-state index < -0.39 is 36.2 Å². The van der Waals surface area contributed by atoms with Crippen molar-refractivity contribution in [3.05, 3.63) is 76.4 Å². The average Bonchev–Trinajstić information content (AvgIpc) is 3.22. The summed E-state index contributed by atoms with van der Waals surface area (Å²) in [6, 6.07) is 9.55. The summed E-state index contributed by atoms with van der Waals surface area (Å²) in [5.74, 6) is -0.964. The fraction of sp³-hybridized carbons (Fsp3) is 0.280. The quantitative estimate of drug-likeness (QED) is 0.424. The molecule has 0 bridgehead atoms. The van der Waals surface area contributed by atoms with Crippen LogP contribution in [0.2, 0.25) is 5.02 Å². The van der Waals surface area contributed by atoms with Crippen molar-refractivity contribution in [3.8, 4) is 11.3 Å². The number of carbonyl (C=O) groups is 2. The van der Waals surface area contributed by atoms with E-state index in [1.165, 1.54) is 42.3 Å². The minimum absolute atomic E-state index is 0.0798. The molecule has 3 atom stereocenters. The van der Waals surface area contributed by atoms with E-state index >= 15 is 0 Å². The SMILES string of the molecule is CNc1ncc(Cl)c(-c2ccc3c(c2)C(=O)N([C@H](C)C(=O)NC(c2ccccc2)[C@H](O)C(F)(F)F)C3)n1. The van der Waals surface area contributed by atoms with Crippen molar-refractivity contribution in [1.29, 1.82) is 0 Å². The topological polar surface area (TPSA) is 107 Å². The third kappa shape index (κ3) is 5.37. The lowest BCUT2D eigenvalue weighted by Gasteiger charge is -2.30. The second kappa shape index (κ2) is 10.3. The van der Waals surface area contributed by atoms with Crippen molar-refractivity contribution in [1.82, 2.24) is 20.2 Å². The maximum atomic E-state index is 13.3. The van der Waals surface area contributed by atoms with Crippen molar-refractivity contribution < 1.29 is 27.9 Å². The van der Waals surface area contributed by atoms with E-state index in [0.717, 1.165) is 0 Å². The third-order valence-electron chi connectivity index (χ3n) is 6.14. The number of hydrogen-bond donors (Lipinski definition) is 3. The number of alkyl halides is 3. The summed E-state index contributed by atoms with van der Waals surface area (Å²) < 4.78 is 40.0.